The maximum atomic E-state index is 12.8. The number of nitrogens with zero attached hydrogens (tertiary/aromatic N) is 2. The first kappa shape index (κ1) is 21.3. The van der Waals surface area contributed by atoms with Crippen LogP contribution in [0, 0.1) is 6.92 Å². The maximum Gasteiger partial charge on any atom is 0.243 e. The molecule has 2 heterocycles. The second-order valence-corrected chi connectivity index (χ2v) is 11.2. The first-order valence-corrected chi connectivity index (χ1v) is 13.2. The molecule has 1 N–H and O–H groups in total. The molecular weight excluding hydrogens is 438 g/mol. The number of aromatic nitrogens is 1. The van der Waals surface area contributed by atoms with Crippen LogP contribution in [0.2, 0.25) is 0 Å². The molecule has 0 radical (unpaired) electrons. The molecule has 1 amide bonds. The molecule has 4 rings (SSSR count). The van der Waals surface area contributed by atoms with Gasteiger partial charge in [-0.2, -0.15) is 4.31 Å². The third-order valence-corrected chi connectivity index (χ3v) is 8.76. The molecule has 0 bridgehead atoms. The molecule has 1 saturated heterocycles. The van der Waals surface area contributed by atoms with Crippen LogP contribution in [-0.4, -0.2) is 42.5 Å². The Kier molecular flexibility index (Phi) is 6.43. The van der Waals surface area contributed by atoms with Crippen LogP contribution in [0.5, 0.6) is 0 Å². The molecular formula is C21H23N3O3S3. The van der Waals surface area contributed by atoms with E-state index in [0.717, 1.165) is 23.3 Å². The normalized spacial score (nSPS) is 15.0. The average Bonchev–Trinajstić information content (AvgIpc) is 3.38. The average molecular weight is 462 g/mol. The lowest BCUT2D eigenvalue weighted by atomic mass is 10.2. The van der Waals surface area contributed by atoms with Crippen LogP contribution in [0.25, 0.3) is 10.2 Å². The predicted octanol–water partition coefficient (Wildman–Crippen LogP) is 4.26. The van der Waals surface area contributed by atoms with E-state index in [0.29, 0.717) is 29.5 Å². The van der Waals surface area contributed by atoms with Crippen molar-refractivity contribution in [3.05, 3.63) is 53.6 Å². The lowest BCUT2D eigenvalue weighted by molar-refractivity contribution is -0.113. The number of nitrogens with one attached hydrogen (secondary N) is 1. The first-order valence-electron chi connectivity index (χ1n) is 9.76. The van der Waals surface area contributed by atoms with E-state index in [2.05, 4.69) is 34.6 Å². The molecule has 1 fully saturated rings. The predicted molar refractivity (Wildman–Crippen MR) is 124 cm³/mol. The van der Waals surface area contributed by atoms with Gasteiger partial charge in [0.15, 0.2) is 5.13 Å². The van der Waals surface area contributed by atoms with E-state index in [1.807, 2.05) is 6.92 Å². The Bertz CT molecular complexity index is 1150. The summed E-state index contributed by atoms with van der Waals surface area (Å²) in [6.07, 6.45) is 1.81. The molecule has 0 aliphatic carbocycles. The van der Waals surface area contributed by atoms with Crippen LogP contribution < -0.4 is 5.32 Å². The van der Waals surface area contributed by atoms with Crippen LogP contribution in [0.4, 0.5) is 5.13 Å². The number of fused-ring (bicyclic) bond motifs is 1. The zero-order valence-electron chi connectivity index (χ0n) is 16.6. The number of rotatable bonds is 7. The summed E-state index contributed by atoms with van der Waals surface area (Å²) in [4.78, 5) is 17.0. The lowest BCUT2D eigenvalue weighted by Crippen LogP contribution is -2.27. The summed E-state index contributed by atoms with van der Waals surface area (Å²) >= 11 is 2.84. The van der Waals surface area contributed by atoms with Gasteiger partial charge in [0.2, 0.25) is 15.9 Å². The number of aryl methyl sites for hydroxylation is 1. The molecule has 1 aromatic heterocycles. The van der Waals surface area contributed by atoms with Crippen molar-refractivity contribution in [2.45, 2.75) is 30.4 Å². The summed E-state index contributed by atoms with van der Waals surface area (Å²) in [6, 6.07) is 13.2. The molecule has 0 spiro atoms. The molecule has 158 valence electrons. The lowest BCUT2D eigenvalue weighted by Gasteiger charge is -2.15. The fourth-order valence-corrected chi connectivity index (χ4v) is 6.63. The fraction of sp³-hybridized carbons (Fsp3) is 0.333. The minimum atomic E-state index is -3.46. The zero-order chi connectivity index (χ0) is 21.1. The van der Waals surface area contributed by atoms with E-state index < -0.39 is 10.0 Å². The number of benzene rings is 2. The summed E-state index contributed by atoms with van der Waals surface area (Å²) in [5, 5.41) is 3.32. The van der Waals surface area contributed by atoms with Gasteiger partial charge < -0.3 is 5.32 Å². The van der Waals surface area contributed by atoms with Crippen molar-refractivity contribution >= 4 is 54.4 Å². The number of anilines is 1. The van der Waals surface area contributed by atoms with E-state index in [4.69, 9.17) is 0 Å². The van der Waals surface area contributed by atoms with Gasteiger partial charge in [0.05, 0.1) is 20.9 Å². The Labute approximate surface area is 184 Å². The second kappa shape index (κ2) is 9.05. The SMILES string of the molecule is Cc1ccc(CSCC(=O)Nc2nc3ccc(S(=O)(=O)N4CCCC4)cc3s2)cc1. The summed E-state index contributed by atoms with van der Waals surface area (Å²) in [7, 11) is -3.46. The molecule has 1 aliphatic heterocycles. The summed E-state index contributed by atoms with van der Waals surface area (Å²) < 4.78 is 27.8. The van der Waals surface area contributed by atoms with Gasteiger partial charge in [-0.05, 0) is 43.5 Å². The highest BCUT2D eigenvalue weighted by Crippen LogP contribution is 2.30. The monoisotopic (exact) mass is 461 g/mol. The van der Waals surface area contributed by atoms with Crippen LogP contribution in [0.15, 0.2) is 47.4 Å². The van der Waals surface area contributed by atoms with Crippen LogP contribution in [0.3, 0.4) is 0 Å². The van der Waals surface area contributed by atoms with E-state index in [-0.39, 0.29) is 10.8 Å². The van der Waals surface area contributed by atoms with Gasteiger partial charge in [-0.1, -0.05) is 41.2 Å². The minimum Gasteiger partial charge on any atom is -0.301 e. The number of carbonyl (C=O) groups excluding carboxylic acids is 1. The molecule has 0 saturated carbocycles. The van der Waals surface area contributed by atoms with Crippen LogP contribution in [0.1, 0.15) is 24.0 Å². The van der Waals surface area contributed by atoms with Crippen molar-refractivity contribution in [2.75, 3.05) is 24.2 Å². The molecule has 2 aromatic carbocycles. The number of carbonyl (C=O) groups is 1. The molecule has 6 nitrogen and oxygen atoms in total. The Hall–Kier alpha value is -1.94. The second-order valence-electron chi connectivity index (χ2n) is 7.29. The first-order chi connectivity index (χ1) is 14.4. The number of thiazole rings is 1. The standard InChI is InChI=1S/C21H23N3O3S3/c1-15-4-6-16(7-5-15)13-28-14-20(25)23-21-22-18-9-8-17(12-19(18)29-21)30(26,27)24-10-2-3-11-24/h4-9,12H,2-3,10-11,13-14H2,1H3,(H,22,23,25). The Morgan fingerprint density at radius 2 is 1.90 bits per heavy atom. The van der Waals surface area contributed by atoms with Crippen molar-refractivity contribution in [1.29, 1.82) is 0 Å². The smallest absolute Gasteiger partial charge is 0.243 e. The highest BCUT2D eigenvalue weighted by Gasteiger charge is 2.27. The highest BCUT2D eigenvalue weighted by molar-refractivity contribution is 7.99. The zero-order valence-corrected chi connectivity index (χ0v) is 19.1. The van der Waals surface area contributed by atoms with Crippen molar-refractivity contribution < 1.29 is 13.2 Å². The molecule has 9 heteroatoms. The Morgan fingerprint density at radius 1 is 1.17 bits per heavy atom. The summed E-state index contributed by atoms with van der Waals surface area (Å²) in [6.45, 7) is 3.20. The van der Waals surface area contributed by atoms with E-state index in [1.165, 1.54) is 26.8 Å². The van der Waals surface area contributed by atoms with E-state index in [9.17, 15) is 13.2 Å². The van der Waals surface area contributed by atoms with E-state index >= 15 is 0 Å². The van der Waals surface area contributed by atoms with Gasteiger partial charge in [-0.25, -0.2) is 13.4 Å². The van der Waals surface area contributed by atoms with Crippen LogP contribution in [-0.2, 0) is 20.6 Å². The fourth-order valence-electron chi connectivity index (χ4n) is 3.30. The topological polar surface area (TPSA) is 79.4 Å². The summed E-state index contributed by atoms with van der Waals surface area (Å²) in [5.41, 5.74) is 3.09. The Morgan fingerprint density at radius 3 is 2.63 bits per heavy atom. The van der Waals surface area contributed by atoms with Crippen molar-refractivity contribution in [2.24, 2.45) is 0 Å². The molecule has 3 aromatic rings. The van der Waals surface area contributed by atoms with Gasteiger partial charge in [0, 0.05) is 18.8 Å². The quantitative estimate of drug-likeness (QED) is 0.569. The Balaban J connectivity index is 1.38. The number of thioether (sulfide) groups is 1. The maximum absolute atomic E-state index is 12.8. The third kappa shape index (κ3) is 4.85. The minimum absolute atomic E-state index is 0.115. The highest BCUT2D eigenvalue weighted by atomic mass is 32.2. The van der Waals surface area contributed by atoms with Crippen molar-refractivity contribution in [3.8, 4) is 0 Å². The van der Waals surface area contributed by atoms with Crippen LogP contribution >= 0.6 is 23.1 Å². The van der Waals surface area contributed by atoms with Gasteiger partial charge in [0.25, 0.3) is 0 Å². The summed E-state index contributed by atoms with van der Waals surface area (Å²) in [5.74, 6) is 0.986. The largest absolute Gasteiger partial charge is 0.301 e. The molecule has 0 atom stereocenters. The van der Waals surface area contributed by atoms with Gasteiger partial charge in [-0.3, -0.25) is 4.79 Å². The number of hydrogen-bond acceptors (Lipinski definition) is 6. The number of sulfonamides is 1. The number of hydrogen-bond donors (Lipinski definition) is 1. The number of amides is 1. The molecule has 1 aliphatic rings. The van der Waals surface area contributed by atoms with Crippen molar-refractivity contribution in [3.63, 3.8) is 0 Å². The van der Waals surface area contributed by atoms with Gasteiger partial charge in [0.1, 0.15) is 0 Å². The third-order valence-electron chi connectivity index (χ3n) is 4.93. The van der Waals surface area contributed by atoms with Crippen molar-refractivity contribution in [1.82, 2.24) is 9.29 Å². The van der Waals surface area contributed by atoms with Gasteiger partial charge in [-0.15, -0.1) is 11.8 Å². The molecule has 30 heavy (non-hydrogen) atoms. The van der Waals surface area contributed by atoms with Gasteiger partial charge >= 0.3 is 0 Å². The molecule has 0 unspecified atom stereocenters. The van der Waals surface area contributed by atoms with E-state index in [1.54, 1.807) is 30.0 Å².